The van der Waals surface area contributed by atoms with Gasteiger partial charge in [-0.2, -0.15) is 0 Å². The molecular weight excluding hydrogens is 304 g/mol. The standard InChI is InChI=1S/C16H21ClN2O3/c17-13-9-11(19-16(20)14-10-21-8-7-18-14)5-6-15(13)22-12-3-1-2-4-12/h5-6,9,12,14,18H,1-4,7-8,10H2,(H,19,20). The first-order valence-corrected chi connectivity index (χ1v) is 8.18. The Kier molecular flexibility index (Phi) is 5.18. The number of hydrogen-bond acceptors (Lipinski definition) is 4. The molecule has 1 saturated heterocycles. The van der Waals surface area contributed by atoms with Gasteiger partial charge in [0.15, 0.2) is 0 Å². The van der Waals surface area contributed by atoms with E-state index in [1.807, 2.05) is 12.1 Å². The fraction of sp³-hybridized carbons (Fsp3) is 0.562. The molecule has 1 saturated carbocycles. The Morgan fingerprint density at radius 1 is 1.36 bits per heavy atom. The number of amides is 1. The Bertz CT molecular complexity index is 526. The van der Waals surface area contributed by atoms with Crippen molar-refractivity contribution < 1.29 is 14.3 Å². The van der Waals surface area contributed by atoms with Crippen LogP contribution >= 0.6 is 11.6 Å². The second kappa shape index (κ2) is 7.31. The van der Waals surface area contributed by atoms with Crippen LogP contribution in [-0.4, -0.2) is 37.8 Å². The highest BCUT2D eigenvalue weighted by molar-refractivity contribution is 6.32. The van der Waals surface area contributed by atoms with E-state index in [0.29, 0.717) is 36.2 Å². The zero-order valence-corrected chi connectivity index (χ0v) is 13.2. The average Bonchev–Trinajstić information content (AvgIpc) is 3.04. The van der Waals surface area contributed by atoms with E-state index < -0.39 is 0 Å². The van der Waals surface area contributed by atoms with Crippen molar-refractivity contribution in [3.63, 3.8) is 0 Å². The van der Waals surface area contributed by atoms with Crippen molar-refractivity contribution in [3.8, 4) is 5.75 Å². The molecule has 1 aliphatic carbocycles. The molecule has 2 aliphatic rings. The van der Waals surface area contributed by atoms with Gasteiger partial charge in [0.05, 0.1) is 24.3 Å². The third-order valence-electron chi connectivity index (χ3n) is 4.03. The van der Waals surface area contributed by atoms with Gasteiger partial charge in [-0.25, -0.2) is 0 Å². The molecule has 0 aromatic heterocycles. The number of halogens is 1. The second-order valence-corrected chi connectivity index (χ2v) is 6.15. The number of ether oxygens (including phenoxy) is 2. The minimum atomic E-state index is -0.318. The highest BCUT2D eigenvalue weighted by Gasteiger charge is 2.22. The number of hydrogen-bond donors (Lipinski definition) is 2. The molecule has 1 atom stereocenters. The van der Waals surface area contributed by atoms with Crippen molar-refractivity contribution in [2.75, 3.05) is 25.1 Å². The lowest BCUT2D eigenvalue weighted by molar-refractivity contribution is -0.120. The zero-order valence-electron chi connectivity index (χ0n) is 12.4. The molecule has 1 aromatic rings. The van der Waals surface area contributed by atoms with E-state index in [-0.39, 0.29) is 18.1 Å². The molecule has 6 heteroatoms. The van der Waals surface area contributed by atoms with Crippen LogP contribution in [0.3, 0.4) is 0 Å². The SMILES string of the molecule is O=C(Nc1ccc(OC2CCCC2)c(Cl)c1)C1COCCN1. The molecule has 1 heterocycles. The second-order valence-electron chi connectivity index (χ2n) is 5.74. The predicted molar refractivity (Wildman–Crippen MR) is 85.6 cm³/mol. The van der Waals surface area contributed by atoms with E-state index in [1.165, 1.54) is 12.8 Å². The molecule has 1 aliphatic heterocycles. The molecule has 0 bridgehead atoms. The fourth-order valence-electron chi connectivity index (χ4n) is 2.82. The normalized spacial score (nSPS) is 22.5. The van der Waals surface area contributed by atoms with Gasteiger partial charge in [0.1, 0.15) is 11.8 Å². The zero-order chi connectivity index (χ0) is 15.4. The molecule has 2 N–H and O–H groups in total. The number of benzene rings is 1. The van der Waals surface area contributed by atoms with Gasteiger partial charge in [-0.1, -0.05) is 11.6 Å². The summed E-state index contributed by atoms with van der Waals surface area (Å²) in [6, 6.07) is 5.05. The van der Waals surface area contributed by atoms with Crippen LogP contribution in [0, 0.1) is 0 Å². The van der Waals surface area contributed by atoms with Crippen LogP contribution in [0.5, 0.6) is 5.75 Å². The quantitative estimate of drug-likeness (QED) is 0.893. The topological polar surface area (TPSA) is 59.6 Å². The Balaban J connectivity index is 1.59. The van der Waals surface area contributed by atoms with Crippen molar-refractivity contribution in [3.05, 3.63) is 23.2 Å². The van der Waals surface area contributed by atoms with Gasteiger partial charge in [-0.15, -0.1) is 0 Å². The largest absolute Gasteiger partial charge is 0.489 e. The molecule has 22 heavy (non-hydrogen) atoms. The summed E-state index contributed by atoms with van der Waals surface area (Å²) in [4.78, 5) is 12.1. The number of morpholine rings is 1. The minimum Gasteiger partial charge on any atom is -0.489 e. The molecule has 1 unspecified atom stereocenters. The highest BCUT2D eigenvalue weighted by Crippen LogP contribution is 2.31. The van der Waals surface area contributed by atoms with Gasteiger partial charge in [0, 0.05) is 12.2 Å². The van der Waals surface area contributed by atoms with Crippen molar-refractivity contribution in [2.45, 2.75) is 37.8 Å². The summed E-state index contributed by atoms with van der Waals surface area (Å²) in [5, 5.41) is 6.50. The average molecular weight is 325 g/mol. The van der Waals surface area contributed by atoms with E-state index in [4.69, 9.17) is 21.1 Å². The Labute approximate surface area is 135 Å². The molecule has 1 amide bonds. The first-order valence-electron chi connectivity index (χ1n) is 7.80. The van der Waals surface area contributed by atoms with Crippen LogP contribution < -0.4 is 15.4 Å². The summed E-state index contributed by atoms with van der Waals surface area (Å²) in [5.41, 5.74) is 0.668. The van der Waals surface area contributed by atoms with E-state index in [1.54, 1.807) is 6.07 Å². The van der Waals surface area contributed by atoms with Gasteiger partial charge in [-0.3, -0.25) is 4.79 Å². The van der Waals surface area contributed by atoms with Crippen LogP contribution in [0.1, 0.15) is 25.7 Å². The molecule has 120 valence electrons. The summed E-state index contributed by atoms with van der Waals surface area (Å²) < 4.78 is 11.2. The molecule has 0 radical (unpaired) electrons. The van der Waals surface area contributed by atoms with Gasteiger partial charge >= 0.3 is 0 Å². The maximum Gasteiger partial charge on any atom is 0.243 e. The van der Waals surface area contributed by atoms with Crippen LogP contribution in [-0.2, 0) is 9.53 Å². The number of carbonyl (C=O) groups is 1. The summed E-state index contributed by atoms with van der Waals surface area (Å²) in [7, 11) is 0. The molecule has 5 nitrogen and oxygen atoms in total. The van der Waals surface area contributed by atoms with E-state index in [9.17, 15) is 4.79 Å². The van der Waals surface area contributed by atoms with Crippen molar-refractivity contribution in [2.24, 2.45) is 0 Å². The van der Waals surface area contributed by atoms with Crippen molar-refractivity contribution in [1.82, 2.24) is 5.32 Å². The molecule has 3 rings (SSSR count). The third-order valence-corrected chi connectivity index (χ3v) is 4.33. The maximum absolute atomic E-state index is 12.1. The highest BCUT2D eigenvalue weighted by atomic mass is 35.5. The van der Waals surface area contributed by atoms with E-state index >= 15 is 0 Å². The molecular formula is C16H21ClN2O3. The smallest absolute Gasteiger partial charge is 0.243 e. The Hall–Kier alpha value is -1.30. The number of carbonyl (C=O) groups excluding carboxylic acids is 1. The lowest BCUT2D eigenvalue weighted by Gasteiger charge is -2.23. The molecule has 2 fully saturated rings. The summed E-state index contributed by atoms with van der Waals surface area (Å²) in [6.45, 7) is 1.72. The summed E-state index contributed by atoms with van der Waals surface area (Å²) in [5.74, 6) is 0.575. The van der Waals surface area contributed by atoms with Gasteiger partial charge in [0.2, 0.25) is 5.91 Å². The van der Waals surface area contributed by atoms with Crippen molar-refractivity contribution in [1.29, 1.82) is 0 Å². The fourth-order valence-corrected chi connectivity index (χ4v) is 3.05. The van der Waals surface area contributed by atoms with Crippen LogP contribution in [0.2, 0.25) is 5.02 Å². The molecule has 0 spiro atoms. The number of rotatable bonds is 4. The van der Waals surface area contributed by atoms with E-state index in [0.717, 1.165) is 12.8 Å². The first-order chi connectivity index (χ1) is 10.7. The van der Waals surface area contributed by atoms with Gasteiger partial charge < -0.3 is 20.1 Å². The molecule has 1 aromatic carbocycles. The Morgan fingerprint density at radius 2 is 2.18 bits per heavy atom. The summed E-state index contributed by atoms with van der Waals surface area (Å²) >= 11 is 6.26. The summed E-state index contributed by atoms with van der Waals surface area (Å²) in [6.07, 6.45) is 4.87. The number of anilines is 1. The van der Waals surface area contributed by atoms with Crippen LogP contribution in [0.4, 0.5) is 5.69 Å². The lowest BCUT2D eigenvalue weighted by Crippen LogP contribution is -2.48. The minimum absolute atomic E-state index is 0.111. The monoisotopic (exact) mass is 324 g/mol. The van der Waals surface area contributed by atoms with Crippen molar-refractivity contribution >= 4 is 23.2 Å². The van der Waals surface area contributed by atoms with E-state index in [2.05, 4.69) is 10.6 Å². The first kappa shape index (κ1) is 15.6. The lowest BCUT2D eigenvalue weighted by atomic mass is 10.2. The maximum atomic E-state index is 12.1. The van der Waals surface area contributed by atoms with Crippen LogP contribution in [0.25, 0.3) is 0 Å². The predicted octanol–water partition coefficient (Wildman–Crippen LogP) is 2.59. The third kappa shape index (κ3) is 3.91. The van der Waals surface area contributed by atoms with Crippen LogP contribution in [0.15, 0.2) is 18.2 Å². The van der Waals surface area contributed by atoms with Gasteiger partial charge in [0.25, 0.3) is 0 Å². The Morgan fingerprint density at radius 3 is 2.86 bits per heavy atom. The number of nitrogens with one attached hydrogen (secondary N) is 2. The van der Waals surface area contributed by atoms with Gasteiger partial charge in [-0.05, 0) is 43.9 Å².